The predicted molar refractivity (Wildman–Crippen MR) is 124 cm³/mol. The molecule has 0 saturated carbocycles. The monoisotopic (exact) mass is 594 g/mol. The number of rotatable bonds is 7. The van der Waals surface area contributed by atoms with Crippen LogP contribution in [0.1, 0.15) is 27.0 Å². The van der Waals surface area contributed by atoms with Gasteiger partial charge < -0.3 is 23.7 Å². The van der Waals surface area contributed by atoms with Crippen molar-refractivity contribution in [1.29, 1.82) is 0 Å². The van der Waals surface area contributed by atoms with Crippen LogP contribution in [0.15, 0.2) is 11.0 Å². The van der Waals surface area contributed by atoms with Gasteiger partial charge in [0, 0.05) is 39.7 Å². The minimum atomic E-state index is -1.08. The first-order valence-electron chi connectivity index (χ1n) is 10.7. The van der Waals surface area contributed by atoms with Crippen LogP contribution in [0.25, 0.3) is 0 Å². The van der Waals surface area contributed by atoms with E-state index in [1.807, 2.05) is 22.6 Å². The highest BCUT2D eigenvalue weighted by Gasteiger charge is 2.48. The highest BCUT2D eigenvalue weighted by molar-refractivity contribution is 14.1. The fourth-order valence-corrected chi connectivity index (χ4v) is 4.20. The summed E-state index contributed by atoms with van der Waals surface area (Å²) in [7, 11) is 0. The third-order valence-electron chi connectivity index (χ3n) is 5.17. The van der Waals surface area contributed by atoms with E-state index in [1.54, 1.807) is 6.92 Å². The van der Waals surface area contributed by atoms with Gasteiger partial charge in [-0.1, -0.05) is 0 Å². The smallest absolute Gasteiger partial charge is 0.412 e. The van der Waals surface area contributed by atoms with Gasteiger partial charge in [0.2, 0.25) is 0 Å². The van der Waals surface area contributed by atoms with E-state index < -0.39 is 48.3 Å². The number of nitrogens with zero attached hydrogens (tertiary/aromatic N) is 3. The molecule has 0 aromatic carbocycles. The minimum Gasteiger partial charge on any atom is -0.456 e. The number of nitrogens with one attached hydrogen (secondary N) is 1. The van der Waals surface area contributed by atoms with Crippen molar-refractivity contribution in [3.8, 4) is 0 Å². The van der Waals surface area contributed by atoms with Crippen LogP contribution in [-0.2, 0) is 33.3 Å². The van der Waals surface area contributed by atoms with Gasteiger partial charge in [0.05, 0.1) is 22.9 Å². The molecule has 0 unspecified atom stereocenters. The summed E-state index contributed by atoms with van der Waals surface area (Å²) in [5, 5.41) is 2.46. The third-order valence-corrected chi connectivity index (χ3v) is 5.96. The Morgan fingerprint density at radius 1 is 1.18 bits per heavy atom. The van der Waals surface area contributed by atoms with Crippen molar-refractivity contribution < 1.29 is 38.1 Å². The first kappa shape index (κ1) is 26.3. The van der Waals surface area contributed by atoms with Crippen molar-refractivity contribution >= 4 is 46.4 Å². The number of amides is 1. The number of aromatic nitrogens is 2. The van der Waals surface area contributed by atoms with Crippen molar-refractivity contribution in [3.05, 3.63) is 20.3 Å². The van der Waals surface area contributed by atoms with Crippen LogP contribution in [0.3, 0.4) is 0 Å². The third kappa shape index (κ3) is 6.86. The summed E-state index contributed by atoms with van der Waals surface area (Å²) in [6.07, 6.45) is -3.03. The molecule has 1 aromatic heterocycles. The Morgan fingerprint density at radius 2 is 1.82 bits per heavy atom. The molecule has 1 aromatic rings. The minimum absolute atomic E-state index is 0.0184. The Labute approximate surface area is 209 Å². The molecule has 4 atom stereocenters. The molecule has 188 valence electrons. The van der Waals surface area contributed by atoms with Crippen molar-refractivity contribution in [2.45, 2.75) is 45.3 Å². The van der Waals surface area contributed by atoms with E-state index in [0.29, 0.717) is 23.3 Å². The molecule has 2 aliphatic rings. The maximum atomic E-state index is 12.8. The van der Waals surface area contributed by atoms with Gasteiger partial charge in [-0.3, -0.25) is 24.4 Å². The lowest BCUT2D eigenvalue weighted by molar-refractivity contribution is -0.165. The van der Waals surface area contributed by atoms with E-state index in [9.17, 15) is 19.2 Å². The van der Waals surface area contributed by atoms with Crippen LogP contribution >= 0.6 is 22.6 Å². The number of esters is 2. The van der Waals surface area contributed by atoms with Crippen molar-refractivity contribution in [3.63, 3.8) is 0 Å². The quantitative estimate of drug-likeness (QED) is 0.268. The molecule has 3 heterocycles. The molecule has 3 rings (SSSR count). The van der Waals surface area contributed by atoms with Gasteiger partial charge in [-0.05, 0) is 29.5 Å². The van der Waals surface area contributed by atoms with Crippen molar-refractivity contribution in [1.82, 2.24) is 14.5 Å². The maximum absolute atomic E-state index is 12.8. The summed E-state index contributed by atoms with van der Waals surface area (Å²) in [6, 6.07) is 0. The summed E-state index contributed by atoms with van der Waals surface area (Å²) in [4.78, 5) is 54.1. The molecule has 13 nitrogen and oxygen atoms in total. The standard InChI is InChI=1S/C20H27IN4O9/c1-11-15(33-12(2)26)16(34-13(3)27)18(32-11)25-10-14(21)17(22-19(25)28)23-20(29)31-9-6-24-4-7-30-8-5-24/h10-11,15-16,18H,4-9H2,1-3H3,(H,22,23,28,29)/t11-,15-,16-,18-/m1/s1. The molecular weight excluding hydrogens is 567 g/mol. The second kappa shape index (κ2) is 11.9. The highest BCUT2D eigenvalue weighted by atomic mass is 127. The van der Waals surface area contributed by atoms with Gasteiger partial charge in [0.15, 0.2) is 24.3 Å². The van der Waals surface area contributed by atoms with E-state index in [2.05, 4.69) is 15.2 Å². The number of ether oxygens (including phenoxy) is 5. The number of hydrogen-bond donors (Lipinski definition) is 1. The van der Waals surface area contributed by atoms with E-state index in [-0.39, 0.29) is 12.4 Å². The Morgan fingerprint density at radius 3 is 2.47 bits per heavy atom. The molecule has 1 amide bonds. The average Bonchev–Trinajstić information content (AvgIpc) is 3.05. The second-order valence-corrected chi connectivity index (χ2v) is 8.88. The van der Waals surface area contributed by atoms with Crippen molar-refractivity contribution in [2.75, 3.05) is 44.8 Å². The number of halogens is 1. The molecule has 2 aliphatic heterocycles. The Kier molecular flexibility index (Phi) is 9.21. The molecule has 0 aliphatic carbocycles. The van der Waals surface area contributed by atoms with Gasteiger partial charge in [-0.25, -0.2) is 9.59 Å². The fourth-order valence-electron chi connectivity index (χ4n) is 3.64. The maximum Gasteiger partial charge on any atom is 0.412 e. The average molecular weight is 594 g/mol. The molecule has 2 saturated heterocycles. The molecule has 2 fully saturated rings. The Bertz CT molecular complexity index is 966. The van der Waals surface area contributed by atoms with Crippen LogP contribution in [-0.4, -0.2) is 90.2 Å². The lowest BCUT2D eigenvalue weighted by Gasteiger charge is -2.26. The Balaban J connectivity index is 1.68. The number of morpholine rings is 1. The van der Waals surface area contributed by atoms with Gasteiger partial charge in [-0.15, -0.1) is 0 Å². The zero-order chi connectivity index (χ0) is 24.8. The zero-order valence-corrected chi connectivity index (χ0v) is 21.2. The first-order chi connectivity index (χ1) is 16.2. The van der Waals surface area contributed by atoms with Crippen LogP contribution in [0.5, 0.6) is 0 Å². The Hall–Kier alpha value is -2.30. The van der Waals surface area contributed by atoms with E-state index in [4.69, 9.17) is 23.7 Å². The van der Waals surface area contributed by atoms with Gasteiger partial charge in [0.1, 0.15) is 6.61 Å². The van der Waals surface area contributed by atoms with Crippen LogP contribution < -0.4 is 11.0 Å². The molecule has 14 heteroatoms. The number of carbonyl (C=O) groups excluding carboxylic acids is 3. The largest absolute Gasteiger partial charge is 0.456 e. The zero-order valence-electron chi connectivity index (χ0n) is 19.0. The molecule has 0 spiro atoms. The number of anilines is 1. The molecule has 1 N–H and O–H groups in total. The normalized spacial score (nSPS) is 24.9. The summed E-state index contributed by atoms with van der Waals surface area (Å²) in [6.45, 7) is 7.65. The van der Waals surface area contributed by atoms with E-state index >= 15 is 0 Å². The van der Waals surface area contributed by atoms with Crippen LogP contribution in [0.4, 0.5) is 10.6 Å². The summed E-state index contributed by atoms with van der Waals surface area (Å²) < 4.78 is 28.3. The van der Waals surface area contributed by atoms with Gasteiger partial charge >= 0.3 is 23.7 Å². The topological polar surface area (TPSA) is 148 Å². The number of hydrogen-bond acceptors (Lipinski definition) is 11. The van der Waals surface area contributed by atoms with Gasteiger partial charge in [-0.2, -0.15) is 4.98 Å². The van der Waals surface area contributed by atoms with Crippen LogP contribution in [0, 0.1) is 3.57 Å². The lowest BCUT2D eigenvalue weighted by atomic mass is 10.1. The summed E-state index contributed by atoms with van der Waals surface area (Å²) in [5.41, 5.74) is -0.762. The summed E-state index contributed by atoms with van der Waals surface area (Å²) >= 11 is 1.90. The van der Waals surface area contributed by atoms with E-state index in [0.717, 1.165) is 17.7 Å². The SMILES string of the molecule is CC(=O)O[C@@H]1[C@H](OC(C)=O)[C@@H](C)O[C@H]1n1cc(I)c(NC(=O)OCCN2CCOCC2)nc1=O. The van der Waals surface area contributed by atoms with E-state index in [1.165, 1.54) is 20.0 Å². The second-order valence-electron chi connectivity index (χ2n) is 7.72. The van der Waals surface area contributed by atoms with Crippen LogP contribution in [0.2, 0.25) is 0 Å². The molecular formula is C20H27IN4O9. The fraction of sp³-hybridized carbons (Fsp3) is 0.650. The highest BCUT2D eigenvalue weighted by Crippen LogP contribution is 2.33. The molecule has 34 heavy (non-hydrogen) atoms. The number of carbonyl (C=O) groups is 3. The first-order valence-corrected chi connectivity index (χ1v) is 11.8. The lowest BCUT2D eigenvalue weighted by Crippen LogP contribution is -2.40. The predicted octanol–water partition coefficient (Wildman–Crippen LogP) is 0.509. The van der Waals surface area contributed by atoms with Gasteiger partial charge in [0.25, 0.3) is 0 Å². The van der Waals surface area contributed by atoms with Crippen molar-refractivity contribution in [2.24, 2.45) is 0 Å². The summed E-state index contributed by atoms with van der Waals surface area (Å²) in [5.74, 6) is -1.19. The molecule has 0 radical (unpaired) electrons. The molecule has 0 bridgehead atoms.